The van der Waals surface area contributed by atoms with Gasteiger partial charge in [-0.25, -0.2) is 0 Å². The van der Waals surface area contributed by atoms with E-state index < -0.39 is 0 Å². The summed E-state index contributed by atoms with van der Waals surface area (Å²) < 4.78 is 0. The van der Waals surface area contributed by atoms with Gasteiger partial charge < -0.3 is 28.4 Å². The second kappa shape index (κ2) is 5.01. The summed E-state index contributed by atoms with van der Waals surface area (Å²) in [7, 11) is 0. The maximum absolute atomic E-state index is 9.46. The molecule has 0 aliphatic heterocycles. The van der Waals surface area contributed by atoms with Crippen molar-refractivity contribution in [3.05, 3.63) is 23.0 Å². The lowest BCUT2D eigenvalue weighted by Crippen LogP contribution is -3.00. The van der Waals surface area contributed by atoms with Gasteiger partial charge in [-0.2, -0.15) is 0 Å². The number of aliphatic hydroxyl groups is 1. The average Bonchev–Trinajstić information content (AvgIpc) is 2.09. The molecule has 5 heteroatoms. The van der Waals surface area contributed by atoms with Crippen molar-refractivity contribution in [3.8, 4) is 5.75 Å². The zero-order valence-corrected chi connectivity index (χ0v) is 8.04. The number of aryl methyl sites for hydroxylation is 1. The number of aliphatic hydroxyl groups excluding tert-OH is 1. The van der Waals surface area contributed by atoms with Crippen LogP contribution in [0.2, 0.25) is 0 Å². The summed E-state index contributed by atoms with van der Waals surface area (Å²) in [5.41, 5.74) is 7.09. The molecule has 0 spiro atoms. The van der Waals surface area contributed by atoms with Gasteiger partial charge in [0.15, 0.2) is 0 Å². The van der Waals surface area contributed by atoms with Gasteiger partial charge in [-0.3, -0.25) is 4.98 Å². The number of nitrogens with zero attached hydrogens (tertiary/aromatic N) is 1. The fourth-order valence-corrected chi connectivity index (χ4v) is 1.05. The Hall–Kier alpha value is -0.840. The highest BCUT2D eigenvalue weighted by Crippen LogP contribution is 2.22. The highest BCUT2D eigenvalue weighted by molar-refractivity contribution is 5.40. The van der Waals surface area contributed by atoms with E-state index in [2.05, 4.69) is 4.98 Å². The summed E-state index contributed by atoms with van der Waals surface area (Å²) in [6.07, 6.45) is 1.53. The summed E-state index contributed by atoms with van der Waals surface area (Å²) >= 11 is 0. The second-order valence-corrected chi connectivity index (χ2v) is 2.56. The summed E-state index contributed by atoms with van der Waals surface area (Å²) in [4.78, 5) is 3.89. The molecule has 0 unspecified atom stereocenters. The predicted octanol–water partition coefficient (Wildman–Crippen LogP) is -2.95. The number of nitrogens with two attached hydrogens (primary N) is 1. The van der Waals surface area contributed by atoms with Gasteiger partial charge >= 0.3 is 0 Å². The Kier molecular flexibility index (Phi) is 4.69. The van der Waals surface area contributed by atoms with Crippen molar-refractivity contribution in [2.75, 3.05) is 0 Å². The third-order valence-electron chi connectivity index (χ3n) is 1.80. The van der Waals surface area contributed by atoms with Crippen molar-refractivity contribution >= 4 is 0 Å². The third kappa shape index (κ3) is 2.30. The van der Waals surface area contributed by atoms with E-state index in [9.17, 15) is 5.11 Å². The topological polar surface area (TPSA) is 79.4 Å². The Labute approximate surface area is 82.8 Å². The van der Waals surface area contributed by atoms with Crippen molar-refractivity contribution in [2.24, 2.45) is 5.73 Å². The van der Waals surface area contributed by atoms with Crippen LogP contribution in [-0.4, -0.2) is 15.2 Å². The van der Waals surface area contributed by atoms with Crippen LogP contribution in [0.5, 0.6) is 5.75 Å². The first-order valence-electron chi connectivity index (χ1n) is 3.68. The Morgan fingerprint density at radius 1 is 1.54 bits per heavy atom. The molecule has 1 aromatic rings. The molecule has 0 fully saturated rings. The van der Waals surface area contributed by atoms with Crippen molar-refractivity contribution < 1.29 is 22.6 Å². The van der Waals surface area contributed by atoms with Gasteiger partial charge in [0.1, 0.15) is 5.75 Å². The Morgan fingerprint density at radius 2 is 2.15 bits per heavy atom. The molecule has 0 aliphatic carbocycles. The standard InChI is InChI=1S/C8H12N2O2.ClH/c1-5-8(12)7(2-9)6(4-11)3-10-5;/h3,11-12H,2,4,9H2,1H3;1H/p-1. The summed E-state index contributed by atoms with van der Waals surface area (Å²) in [5.74, 6) is 0.0871. The largest absolute Gasteiger partial charge is 1.00 e. The predicted molar refractivity (Wildman–Crippen MR) is 44.5 cm³/mol. The first-order chi connectivity index (χ1) is 5.70. The number of rotatable bonds is 2. The van der Waals surface area contributed by atoms with Crippen LogP contribution >= 0.6 is 0 Å². The summed E-state index contributed by atoms with van der Waals surface area (Å²) in [5, 5.41) is 18.3. The Morgan fingerprint density at radius 3 is 2.62 bits per heavy atom. The maximum Gasteiger partial charge on any atom is 0.141 e. The van der Waals surface area contributed by atoms with Crippen LogP contribution in [0.15, 0.2) is 6.20 Å². The Balaban J connectivity index is 0.00000144. The molecular formula is C8H12ClN2O2-. The molecule has 0 radical (unpaired) electrons. The third-order valence-corrected chi connectivity index (χ3v) is 1.80. The van der Waals surface area contributed by atoms with E-state index in [0.29, 0.717) is 16.8 Å². The normalized spacial score (nSPS) is 9.46. The van der Waals surface area contributed by atoms with Crippen LogP contribution in [-0.2, 0) is 13.2 Å². The van der Waals surface area contributed by atoms with Crippen molar-refractivity contribution in [2.45, 2.75) is 20.1 Å². The molecule has 0 aliphatic rings. The van der Waals surface area contributed by atoms with Crippen LogP contribution in [0.4, 0.5) is 0 Å². The van der Waals surface area contributed by atoms with E-state index in [4.69, 9.17) is 10.8 Å². The highest BCUT2D eigenvalue weighted by Gasteiger charge is 2.08. The Bertz CT molecular complexity index is 292. The fraction of sp³-hybridized carbons (Fsp3) is 0.375. The lowest BCUT2D eigenvalue weighted by molar-refractivity contribution is -0.00000459. The van der Waals surface area contributed by atoms with E-state index in [0.717, 1.165) is 0 Å². The molecule has 0 saturated heterocycles. The van der Waals surface area contributed by atoms with E-state index in [1.165, 1.54) is 6.20 Å². The highest BCUT2D eigenvalue weighted by atomic mass is 35.5. The van der Waals surface area contributed by atoms with Crippen molar-refractivity contribution in [1.29, 1.82) is 0 Å². The number of hydrogen-bond donors (Lipinski definition) is 3. The van der Waals surface area contributed by atoms with Crippen LogP contribution in [0.25, 0.3) is 0 Å². The minimum absolute atomic E-state index is 0. The first-order valence-corrected chi connectivity index (χ1v) is 3.68. The van der Waals surface area contributed by atoms with Gasteiger partial charge in [0, 0.05) is 23.9 Å². The molecule has 1 heterocycles. The number of halogens is 1. The molecule has 1 aromatic heterocycles. The van der Waals surface area contributed by atoms with E-state index >= 15 is 0 Å². The van der Waals surface area contributed by atoms with Crippen molar-refractivity contribution in [3.63, 3.8) is 0 Å². The smallest absolute Gasteiger partial charge is 0.141 e. The summed E-state index contributed by atoms with van der Waals surface area (Å²) in [6.45, 7) is 1.76. The van der Waals surface area contributed by atoms with E-state index in [1.807, 2.05) is 0 Å². The number of aromatic nitrogens is 1. The lowest BCUT2D eigenvalue weighted by Gasteiger charge is -2.08. The molecular weight excluding hydrogens is 192 g/mol. The minimum Gasteiger partial charge on any atom is -1.00 e. The van der Waals surface area contributed by atoms with E-state index in [-0.39, 0.29) is 31.3 Å². The fourth-order valence-electron chi connectivity index (χ4n) is 1.05. The zero-order chi connectivity index (χ0) is 9.14. The molecule has 0 atom stereocenters. The molecule has 4 nitrogen and oxygen atoms in total. The van der Waals surface area contributed by atoms with Gasteiger partial charge in [0.2, 0.25) is 0 Å². The van der Waals surface area contributed by atoms with Crippen molar-refractivity contribution in [1.82, 2.24) is 4.98 Å². The molecule has 0 bridgehead atoms. The molecule has 0 saturated carbocycles. The monoisotopic (exact) mass is 203 g/mol. The average molecular weight is 204 g/mol. The van der Waals surface area contributed by atoms with Crippen LogP contribution in [0, 0.1) is 6.92 Å². The second-order valence-electron chi connectivity index (χ2n) is 2.56. The molecule has 4 N–H and O–H groups in total. The molecule has 13 heavy (non-hydrogen) atoms. The van der Waals surface area contributed by atoms with Gasteiger partial charge in [-0.15, -0.1) is 0 Å². The lowest BCUT2D eigenvalue weighted by atomic mass is 10.1. The first kappa shape index (κ1) is 12.2. The van der Waals surface area contributed by atoms with Crippen LogP contribution < -0.4 is 18.1 Å². The molecule has 0 amide bonds. The maximum atomic E-state index is 9.46. The number of aromatic hydroxyl groups is 1. The molecule has 0 aromatic carbocycles. The van der Waals surface area contributed by atoms with Crippen LogP contribution in [0.1, 0.15) is 16.8 Å². The zero-order valence-electron chi connectivity index (χ0n) is 7.29. The van der Waals surface area contributed by atoms with Gasteiger partial charge in [0.25, 0.3) is 0 Å². The minimum atomic E-state index is -0.145. The molecule has 74 valence electrons. The molecule has 1 rings (SSSR count). The number of hydrogen-bond acceptors (Lipinski definition) is 4. The van der Waals surface area contributed by atoms with E-state index in [1.54, 1.807) is 6.92 Å². The van der Waals surface area contributed by atoms with Crippen LogP contribution in [0.3, 0.4) is 0 Å². The quantitative estimate of drug-likeness (QED) is 0.480. The van der Waals surface area contributed by atoms with Gasteiger partial charge in [-0.1, -0.05) is 0 Å². The number of pyridine rings is 1. The summed E-state index contributed by atoms with van der Waals surface area (Å²) in [6, 6.07) is 0. The van der Waals surface area contributed by atoms with Gasteiger partial charge in [0.05, 0.1) is 12.3 Å². The van der Waals surface area contributed by atoms with Gasteiger partial charge in [-0.05, 0) is 6.92 Å². The SMILES string of the molecule is Cc1ncc(CO)c(CN)c1O.[Cl-].